The molecule has 2 unspecified atom stereocenters. The maximum atomic E-state index is 12.2. The molecular formula is C25H32N6O2S. The van der Waals surface area contributed by atoms with Crippen molar-refractivity contribution in [1.82, 2.24) is 19.6 Å². The quantitative estimate of drug-likeness (QED) is 0.453. The van der Waals surface area contributed by atoms with Crippen molar-refractivity contribution in [2.24, 2.45) is 11.7 Å². The molecule has 0 bridgehead atoms. The molecule has 8 nitrogen and oxygen atoms in total. The molecule has 1 aliphatic carbocycles. The van der Waals surface area contributed by atoms with E-state index in [1.807, 2.05) is 30.3 Å². The number of nitrogens with one attached hydrogen (secondary N) is 2. The van der Waals surface area contributed by atoms with Gasteiger partial charge in [-0.3, -0.25) is 0 Å². The van der Waals surface area contributed by atoms with Crippen LogP contribution in [0.1, 0.15) is 18.4 Å². The normalized spacial score (nSPS) is 19.1. The molecule has 0 saturated heterocycles. The van der Waals surface area contributed by atoms with E-state index in [0.29, 0.717) is 44.0 Å². The number of hydrogen-bond donors (Lipinski definition) is 3. The molecule has 2 aliphatic rings. The molecule has 4 N–H and O–H groups in total. The van der Waals surface area contributed by atoms with Crippen LogP contribution in [0.2, 0.25) is 0 Å². The largest absolute Gasteiger partial charge is 0.384 e. The average Bonchev–Trinajstić information content (AvgIpc) is 3.24. The first-order valence-corrected chi connectivity index (χ1v) is 13.4. The van der Waals surface area contributed by atoms with E-state index in [1.54, 1.807) is 6.20 Å². The third-order valence-electron chi connectivity index (χ3n) is 6.04. The van der Waals surface area contributed by atoms with Gasteiger partial charge in [-0.1, -0.05) is 42.5 Å². The van der Waals surface area contributed by atoms with Crippen LogP contribution in [0.3, 0.4) is 0 Å². The molecule has 0 radical (unpaired) electrons. The summed E-state index contributed by atoms with van der Waals surface area (Å²) < 4.78 is 25.8. The van der Waals surface area contributed by atoms with Crippen LogP contribution in [-0.2, 0) is 16.6 Å². The predicted molar refractivity (Wildman–Crippen MR) is 136 cm³/mol. The van der Waals surface area contributed by atoms with E-state index in [-0.39, 0.29) is 0 Å². The van der Waals surface area contributed by atoms with Crippen LogP contribution >= 0.6 is 0 Å². The van der Waals surface area contributed by atoms with Gasteiger partial charge >= 0.3 is 0 Å². The first kappa shape index (κ1) is 24.1. The molecule has 2 atom stereocenters. The Balaban J connectivity index is 1.39. The lowest BCUT2D eigenvalue weighted by Gasteiger charge is -2.20. The fraction of sp³-hybridized carbons (Fsp3) is 0.360. The first-order valence-electron chi connectivity index (χ1n) is 11.6. The summed E-state index contributed by atoms with van der Waals surface area (Å²) in [6.45, 7) is 1.90. The van der Waals surface area contributed by atoms with Crippen molar-refractivity contribution in [2.45, 2.75) is 25.4 Å². The van der Waals surface area contributed by atoms with E-state index in [9.17, 15) is 8.42 Å². The Hall–Kier alpha value is -3.01. The summed E-state index contributed by atoms with van der Waals surface area (Å²) in [4.78, 5) is 9.04. The third-order valence-corrected chi connectivity index (χ3v) is 7.29. The minimum Gasteiger partial charge on any atom is -0.384 e. The molecular weight excluding hydrogens is 448 g/mol. The molecule has 1 aromatic heterocycles. The summed E-state index contributed by atoms with van der Waals surface area (Å²) in [6.07, 6.45) is 15.2. The Kier molecular flexibility index (Phi) is 7.77. The zero-order valence-corrected chi connectivity index (χ0v) is 20.2. The number of aromatic nitrogens is 2. The number of nitrogens with two attached hydrogens (primary N) is 1. The summed E-state index contributed by atoms with van der Waals surface area (Å²) in [5.41, 5.74) is 9.54. The fourth-order valence-corrected chi connectivity index (χ4v) is 5.09. The van der Waals surface area contributed by atoms with E-state index in [2.05, 4.69) is 51.1 Å². The first-order chi connectivity index (χ1) is 16.4. The average molecular weight is 481 g/mol. The topological polar surface area (TPSA) is 113 Å². The summed E-state index contributed by atoms with van der Waals surface area (Å²) >= 11 is 0. The van der Waals surface area contributed by atoms with Gasteiger partial charge in [-0.15, -0.1) is 0 Å². The van der Waals surface area contributed by atoms with Gasteiger partial charge in [-0.2, -0.15) is 4.31 Å². The second-order valence-corrected chi connectivity index (χ2v) is 10.6. The Bertz CT molecular complexity index is 1190. The molecule has 0 amide bonds. The van der Waals surface area contributed by atoms with E-state index in [0.717, 1.165) is 29.8 Å². The van der Waals surface area contributed by atoms with Crippen LogP contribution in [0, 0.1) is 5.92 Å². The summed E-state index contributed by atoms with van der Waals surface area (Å²) in [7, 11) is -3.32. The van der Waals surface area contributed by atoms with Gasteiger partial charge in [-0.05, 0) is 48.9 Å². The second kappa shape index (κ2) is 10.9. The van der Waals surface area contributed by atoms with Crippen LogP contribution in [0.15, 0.2) is 72.6 Å². The van der Waals surface area contributed by atoms with Crippen molar-refractivity contribution < 1.29 is 8.42 Å². The maximum absolute atomic E-state index is 12.2. The summed E-state index contributed by atoms with van der Waals surface area (Å²) in [5.74, 6) is 0.990. The minimum absolute atomic E-state index is 0.303. The fourth-order valence-electron chi connectivity index (χ4n) is 4.24. The van der Waals surface area contributed by atoms with Gasteiger partial charge in [0.05, 0.1) is 18.0 Å². The molecule has 4 rings (SSSR count). The van der Waals surface area contributed by atoms with Crippen molar-refractivity contribution >= 4 is 16.0 Å². The number of nitrogens with zero attached hydrogens (tertiary/aromatic N) is 3. The SMILES string of the molecule is CS(=O)(=O)N(CCCN)Cc1cccc(-c2ccnc(NCCC3=CNC4C=CC=CC34)n2)c1. The van der Waals surface area contributed by atoms with Crippen LogP contribution < -0.4 is 16.4 Å². The van der Waals surface area contributed by atoms with Gasteiger partial charge in [0.25, 0.3) is 0 Å². The minimum atomic E-state index is -3.32. The van der Waals surface area contributed by atoms with Crippen molar-refractivity contribution in [3.63, 3.8) is 0 Å². The standard InChI is InChI=1S/C25H32N6O2S/c1-34(32,33)31(15-5-12-26)18-19-6-4-7-20(16-19)23-11-14-28-25(30-23)27-13-10-21-17-29-24-9-3-2-8-22(21)24/h2-4,6-9,11,14,16-17,22,24,29H,5,10,12-13,15,18,26H2,1H3,(H,27,28,30). The summed E-state index contributed by atoms with van der Waals surface area (Å²) in [5, 5.41) is 6.76. The van der Waals surface area contributed by atoms with E-state index in [1.165, 1.54) is 16.1 Å². The lowest BCUT2D eigenvalue weighted by atomic mass is 9.90. The molecule has 34 heavy (non-hydrogen) atoms. The Morgan fingerprint density at radius 3 is 2.88 bits per heavy atom. The lowest BCUT2D eigenvalue weighted by molar-refractivity contribution is 0.405. The lowest BCUT2D eigenvalue weighted by Crippen LogP contribution is -2.31. The van der Waals surface area contributed by atoms with Crippen LogP contribution in [0.25, 0.3) is 11.3 Å². The third kappa shape index (κ3) is 6.11. The molecule has 0 fully saturated rings. The Morgan fingerprint density at radius 1 is 1.21 bits per heavy atom. The van der Waals surface area contributed by atoms with E-state index in [4.69, 9.17) is 5.73 Å². The van der Waals surface area contributed by atoms with Gasteiger partial charge in [0.15, 0.2) is 0 Å². The Labute approximate surface area is 201 Å². The molecule has 1 aromatic carbocycles. The number of rotatable bonds is 11. The molecule has 180 valence electrons. The number of anilines is 1. The van der Waals surface area contributed by atoms with Crippen LogP contribution in [0.4, 0.5) is 5.95 Å². The highest BCUT2D eigenvalue weighted by Crippen LogP contribution is 2.28. The number of allylic oxidation sites excluding steroid dienone is 2. The van der Waals surface area contributed by atoms with Crippen molar-refractivity contribution in [3.8, 4) is 11.3 Å². The van der Waals surface area contributed by atoms with Gasteiger partial charge in [0.2, 0.25) is 16.0 Å². The highest BCUT2D eigenvalue weighted by Gasteiger charge is 2.26. The highest BCUT2D eigenvalue weighted by molar-refractivity contribution is 7.88. The zero-order valence-electron chi connectivity index (χ0n) is 19.4. The number of sulfonamides is 1. The van der Waals surface area contributed by atoms with E-state index < -0.39 is 10.0 Å². The Morgan fingerprint density at radius 2 is 2.06 bits per heavy atom. The molecule has 0 saturated carbocycles. The predicted octanol–water partition coefficient (Wildman–Crippen LogP) is 2.65. The van der Waals surface area contributed by atoms with Crippen LogP contribution in [0.5, 0.6) is 0 Å². The number of benzene rings is 1. The van der Waals surface area contributed by atoms with Gasteiger partial charge in [0, 0.05) is 37.3 Å². The van der Waals surface area contributed by atoms with Crippen LogP contribution in [-0.4, -0.2) is 54.6 Å². The van der Waals surface area contributed by atoms with E-state index >= 15 is 0 Å². The van der Waals surface area contributed by atoms with Gasteiger partial charge in [-0.25, -0.2) is 18.4 Å². The molecule has 9 heteroatoms. The number of fused-ring (bicyclic) bond motifs is 1. The molecule has 0 spiro atoms. The van der Waals surface area contributed by atoms with Crippen molar-refractivity contribution in [2.75, 3.05) is 31.2 Å². The highest BCUT2D eigenvalue weighted by atomic mass is 32.2. The molecule has 2 heterocycles. The van der Waals surface area contributed by atoms with Gasteiger partial charge in [0.1, 0.15) is 0 Å². The summed E-state index contributed by atoms with van der Waals surface area (Å²) in [6, 6.07) is 10.0. The van der Waals surface area contributed by atoms with Gasteiger partial charge < -0.3 is 16.4 Å². The smallest absolute Gasteiger partial charge is 0.223 e. The maximum Gasteiger partial charge on any atom is 0.223 e. The molecule has 1 aliphatic heterocycles. The monoisotopic (exact) mass is 480 g/mol. The zero-order chi connectivity index (χ0) is 24.0. The second-order valence-electron chi connectivity index (χ2n) is 8.59. The molecule has 2 aromatic rings. The van der Waals surface area contributed by atoms with Crippen molar-refractivity contribution in [3.05, 3.63) is 78.2 Å². The number of hydrogen-bond acceptors (Lipinski definition) is 7. The van der Waals surface area contributed by atoms with Crippen molar-refractivity contribution in [1.29, 1.82) is 0 Å².